The lowest BCUT2D eigenvalue weighted by Crippen LogP contribution is -2.52. The summed E-state index contributed by atoms with van der Waals surface area (Å²) in [6.45, 7) is 4.05. The van der Waals surface area contributed by atoms with Crippen LogP contribution in [0.1, 0.15) is 51.4 Å². The first kappa shape index (κ1) is 17.6. The van der Waals surface area contributed by atoms with E-state index in [0.717, 1.165) is 57.8 Å². The van der Waals surface area contributed by atoms with Crippen LogP contribution in [0.25, 0.3) is 0 Å². The maximum absolute atomic E-state index is 13.1. The first-order valence-corrected chi connectivity index (χ1v) is 10.2. The van der Waals surface area contributed by atoms with E-state index in [1.54, 1.807) is 12.5 Å². The van der Waals surface area contributed by atoms with Crippen molar-refractivity contribution in [2.24, 2.45) is 11.3 Å². The van der Waals surface area contributed by atoms with Crippen LogP contribution < -0.4 is 0 Å². The van der Waals surface area contributed by atoms with Crippen LogP contribution in [0.2, 0.25) is 0 Å². The van der Waals surface area contributed by atoms with Gasteiger partial charge in [-0.05, 0) is 44.4 Å². The van der Waals surface area contributed by atoms with Crippen LogP contribution >= 0.6 is 0 Å². The number of aryl methyl sites for hydroxylation is 1. The lowest BCUT2D eigenvalue weighted by Gasteiger charge is -2.42. The number of nitrogens with zero attached hydrogens (tertiary/aromatic N) is 4. The minimum absolute atomic E-state index is 0.200. The van der Waals surface area contributed by atoms with Gasteiger partial charge in [-0.3, -0.25) is 9.59 Å². The monoisotopic (exact) mass is 358 g/mol. The van der Waals surface area contributed by atoms with Gasteiger partial charge >= 0.3 is 0 Å². The standard InChI is InChI=1S/C20H30N4O2/c25-18(6-2-10-22-13-9-21-16-22)24-12-8-20(15-24)7-3-11-23(19(20)26)14-17-4-1-5-17/h9,13,16-17H,1-8,10-12,14-15H2. The SMILES string of the molecule is O=C(CCCn1ccnc1)N1CCC2(CCCN(CC3CCC3)C2=O)C1. The molecule has 1 aliphatic carbocycles. The molecule has 1 aromatic rings. The van der Waals surface area contributed by atoms with Gasteiger partial charge in [0, 0.05) is 51.5 Å². The first-order valence-electron chi connectivity index (χ1n) is 10.2. The van der Waals surface area contributed by atoms with Crippen molar-refractivity contribution >= 4 is 11.8 Å². The molecule has 3 heterocycles. The summed E-state index contributed by atoms with van der Waals surface area (Å²) in [5, 5.41) is 0. The Labute approximate surface area is 155 Å². The van der Waals surface area contributed by atoms with Crippen molar-refractivity contribution in [3.8, 4) is 0 Å². The summed E-state index contributed by atoms with van der Waals surface area (Å²) in [5.41, 5.74) is -0.290. The molecule has 2 amide bonds. The number of carbonyl (C=O) groups is 2. The van der Waals surface area contributed by atoms with Gasteiger partial charge in [-0.25, -0.2) is 4.98 Å². The zero-order chi connectivity index (χ0) is 18.0. The van der Waals surface area contributed by atoms with Gasteiger partial charge in [0.05, 0.1) is 11.7 Å². The summed E-state index contributed by atoms with van der Waals surface area (Å²) >= 11 is 0. The highest BCUT2D eigenvalue weighted by atomic mass is 16.2. The van der Waals surface area contributed by atoms with E-state index in [1.165, 1.54) is 19.3 Å². The number of rotatable bonds is 6. The van der Waals surface area contributed by atoms with E-state index < -0.39 is 0 Å². The number of amides is 2. The highest BCUT2D eigenvalue weighted by Crippen LogP contribution is 2.41. The number of hydrogen-bond donors (Lipinski definition) is 0. The van der Waals surface area contributed by atoms with Crippen molar-refractivity contribution in [3.63, 3.8) is 0 Å². The summed E-state index contributed by atoms with van der Waals surface area (Å²) < 4.78 is 2.00. The maximum Gasteiger partial charge on any atom is 0.230 e. The number of likely N-dealkylation sites (tertiary alicyclic amines) is 2. The molecular formula is C20H30N4O2. The topological polar surface area (TPSA) is 58.4 Å². The molecule has 3 fully saturated rings. The van der Waals surface area contributed by atoms with E-state index >= 15 is 0 Å². The van der Waals surface area contributed by atoms with Crippen molar-refractivity contribution < 1.29 is 9.59 Å². The number of hydrogen-bond acceptors (Lipinski definition) is 3. The Morgan fingerprint density at radius 1 is 1.23 bits per heavy atom. The van der Waals surface area contributed by atoms with E-state index in [-0.39, 0.29) is 11.3 Å². The predicted octanol–water partition coefficient (Wildman–Crippen LogP) is 2.30. The van der Waals surface area contributed by atoms with Gasteiger partial charge in [0.25, 0.3) is 0 Å². The molecule has 0 N–H and O–H groups in total. The summed E-state index contributed by atoms with van der Waals surface area (Å²) in [6.07, 6.45) is 13.6. The third kappa shape index (κ3) is 3.51. The second kappa shape index (κ2) is 7.41. The summed E-state index contributed by atoms with van der Waals surface area (Å²) in [4.78, 5) is 33.8. The lowest BCUT2D eigenvalue weighted by molar-refractivity contribution is -0.147. The Bertz CT molecular complexity index is 640. The molecule has 142 valence electrons. The molecule has 1 saturated carbocycles. The molecule has 3 aliphatic rings. The van der Waals surface area contributed by atoms with Crippen molar-refractivity contribution in [2.45, 2.75) is 57.9 Å². The highest BCUT2D eigenvalue weighted by molar-refractivity contribution is 5.86. The fourth-order valence-electron chi connectivity index (χ4n) is 4.77. The summed E-state index contributed by atoms with van der Waals surface area (Å²) in [6, 6.07) is 0. The van der Waals surface area contributed by atoms with Gasteiger partial charge in [-0.15, -0.1) is 0 Å². The molecule has 4 rings (SSSR count). The molecule has 1 atom stereocenters. The molecular weight excluding hydrogens is 328 g/mol. The normalized spacial score (nSPS) is 26.5. The van der Waals surface area contributed by atoms with Crippen LogP contribution in [0.4, 0.5) is 0 Å². The second-order valence-electron chi connectivity index (χ2n) is 8.40. The molecule has 1 unspecified atom stereocenters. The van der Waals surface area contributed by atoms with Crippen molar-refractivity contribution in [3.05, 3.63) is 18.7 Å². The van der Waals surface area contributed by atoms with E-state index in [2.05, 4.69) is 9.88 Å². The van der Waals surface area contributed by atoms with Gasteiger partial charge in [0.2, 0.25) is 11.8 Å². The largest absolute Gasteiger partial charge is 0.342 e. The van der Waals surface area contributed by atoms with Crippen LogP contribution in [0.3, 0.4) is 0 Å². The number of carbonyl (C=O) groups excluding carboxylic acids is 2. The zero-order valence-corrected chi connectivity index (χ0v) is 15.6. The first-order chi connectivity index (χ1) is 12.7. The molecule has 1 spiro atoms. The quantitative estimate of drug-likeness (QED) is 0.784. The minimum Gasteiger partial charge on any atom is -0.342 e. The number of piperidine rings is 1. The highest BCUT2D eigenvalue weighted by Gasteiger charge is 2.49. The van der Waals surface area contributed by atoms with E-state index in [1.807, 2.05) is 15.7 Å². The zero-order valence-electron chi connectivity index (χ0n) is 15.6. The smallest absolute Gasteiger partial charge is 0.230 e. The third-order valence-electron chi connectivity index (χ3n) is 6.60. The lowest BCUT2D eigenvalue weighted by atomic mass is 9.77. The fourth-order valence-corrected chi connectivity index (χ4v) is 4.77. The van der Waals surface area contributed by atoms with Crippen molar-refractivity contribution in [1.29, 1.82) is 0 Å². The van der Waals surface area contributed by atoms with Gasteiger partial charge in [0.1, 0.15) is 0 Å². The Balaban J connectivity index is 1.29. The van der Waals surface area contributed by atoms with E-state index in [9.17, 15) is 9.59 Å². The second-order valence-corrected chi connectivity index (χ2v) is 8.40. The van der Waals surface area contributed by atoms with Gasteiger partial charge in [-0.1, -0.05) is 6.42 Å². The number of imidazole rings is 1. The molecule has 0 bridgehead atoms. The molecule has 2 aliphatic heterocycles. The van der Waals surface area contributed by atoms with Crippen LogP contribution in [-0.2, 0) is 16.1 Å². The average molecular weight is 358 g/mol. The molecule has 26 heavy (non-hydrogen) atoms. The van der Waals surface area contributed by atoms with Crippen LogP contribution in [0.15, 0.2) is 18.7 Å². The Morgan fingerprint density at radius 3 is 2.85 bits per heavy atom. The van der Waals surface area contributed by atoms with Gasteiger partial charge in [-0.2, -0.15) is 0 Å². The number of aromatic nitrogens is 2. The Morgan fingerprint density at radius 2 is 2.12 bits per heavy atom. The van der Waals surface area contributed by atoms with Crippen LogP contribution in [-0.4, -0.2) is 57.3 Å². The fraction of sp³-hybridized carbons (Fsp3) is 0.750. The molecule has 6 heteroatoms. The van der Waals surface area contributed by atoms with E-state index in [0.29, 0.717) is 18.9 Å². The molecule has 0 radical (unpaired) electrons. The molecule has 2 saturated heterocycles. The summed E-state index contributed by atoms with van der Waals surface area (Å²) in [5.74, 6) is 1.24. The van der Waals surface area contributed by atoms with Crippen molar-refractivity contribution in [2.75, 3.05) is 26.2 Å². The Hall–Kier alpha value is -1.85. The van der Waals surface area contributed by atoms with E-state index in [4.69, 9.17) is 0 Å². The third-order valence-corrected chi connectivity index (χ3v) is 6.60. The summed E-state index contributed by atoms with van der Waals surface area (Å²) in [7, 11) is 0. The minimum atomic E-state index is -0.290. The van der Waals surface area contributed by atoms with Crippen LogP contribution in [0.5, 0.6) is 0 Å². The maximum atomic E-state index is 13.1. The van der Waals surface area contributed by atoms with Crippen LogP contribution in [0, 0.1) is 11.3 Å². The Kier molecular flexibility index (Phi) is 5.00. The average Bonchev–Trinajstić information content (AvgIpc) is 3.25. The van der Waals surface area contributed by atoms with Gasteiger partial charge in [0.15, 0.2) is 0 Å². The van der Waals surface area contributed by atoms with Crippen molar-refractivity contribution in [1.82, 2.24) is 19.4 Å². The predicted molar refractivity (Wildman–Crippen MR) is 98.2 cm³/mol. The van der Waals surface area contributed by atoms with Gasteiger partial charge < -0.3 is 14.4 Å². The molecule has 0 aromatic carbocycles. The molecule has 6 nitrogen and oxygen atoms in total. The molecule has 1 aromatic heterocycles.